The zero-order chi connectivity index (χ0) is 20.9. The number of hydrogen-bond acceptors (Lipinski definition) is 4. The fourth-order valence-corrected chi connectivity index (χ4v) is 4.80. The van der Waals surface area contributed by atoms with Gasteiger partial charge in [-0.05, 0) is 49.6 Å². The molecule has 156 valence electrons. The fraction of sp³-hybridized carbons (Fsp3) is 0.409. The van der Waals surface area contributed by atoms with Gasteiger partial charge in [-0.3, -0.25) is 4.79 Å². The summed E-state index contributed by atoms with van der Waals surface area (Å²) in [5.74, 6) is 0.522. The van der Waals surface area contributed by atoms with Crippen molar-refractivity contribution in [3.63, 3.8) is 0 Å². The molecule has 1 saturated carbocycles. The lowest BCUT2D eigenvalue weighted by molar-refractivity contribution is -0.122. The van der Waals surface area contributed by atoms with Gasteiger partial charge >= 0.3 is 0 Å². The lowest BCUT2D eigenvalue weighted by Crippen LogP contribution is -2.37. The van der Waals surface area contributed by atoms with Crippen molar-refractivity contribution < 1.29 is 17.9 Å². The van der Waals surface area contributed by atoms with Crippen molar-refractivity contribution in [3.05, 3.63) is 59.7 Å². The molecule has 1 fully saturated rings. The average Bonchev–Trinajstić information content (AvgIpc) is 3.20. The highest BCUT2D eigenvalue weighted by atomic mass is 32.2. The van der Waals surface area contributed by atoms with E-state index < -0.39 is 16.1 Å². The SMILES string of the molecule is COc1ccc([C@@H](CC(=O)NC2CCCC2)NS(=O)(=O)c2ccc(C)cc2)cc1. The van der Waals surface area contributed by atoms with Crippen LogP contribution in [0.2, 0.25) is 0 Å². The van der Waals surface area contributed by atoms with Crippen LogP contribution < -0.4 is 14.8 Å². The Kier molecular flexibility index (Phi) is 6.92. The number of carbonyl (C=O) groups is 1. The van der Waals surface area contributed by atoms with Crippen LogP contribution in [0.15, 0.2) is 53.4 Å². The molecule has 0 aromatic heterocycles. The quantitative estimate of drug-likeness (QED) is 0.690. The lowest BCUT2D eigenvalue weighted by Gasteiger charge is -2.21. The topological polar surface area (TPSA) is 84.5 Å². The molecule has 3 rings (SSSR count). The summed E-state index contributed by atoms with van der Waals surface area (Å²) in [6, 6.07) is 13.3. The molecule has 1 aliphatic carbocycles. The Bertz CT molecular complexity index is 918. The van der Waals surface area contributed by atoms with Crippen molar-refractivity contribution in [2.75, 3.05) is 7.11 Å². The minimum Gasteiger partial charge on any atom is -0.497 e. The van der Waals surface area contributed by atoms with Crippen LogP contribution in [0.1, 0.15) is 49.3 Å². The highest BCUT2D eigenvalue weighted by Crippen LogP contribution is 2.24. The highest BCUT2D eigenvalue weighted by molar-refractivity contribution is 7.89. The van der Waals surface area contributed by atoms with E-state index in [-0.39, 0.29) is 23.3 Å². The number of sulfonamides is 1. The molecule has 0 aliphatic heterocycles. The Morgan fingerprint density at radius 2 is 1.69 bits per heavy atom. The van der Waals surface area contributed by atoms with Crippen LogP contribution in [0.5, 0.6) is 5.75 Å². The molecule has 0 unspecified atom stereocenters. The van der Waals surface area contributed by atoms with Gasteiger partial charge in [0.25, 0.3) is 0 Å². The first-order chi connectivity index (χ1) is 13.9. The molecule has 6 nitrogen and oxygen atoms in total. The number of nitrogens with one attached hydrogen (secondary N) is 2. The van der Waals surface area contributed by atoms with Crippen molar-refractivity contribution in [2.24, 2.45) is 0 Å². The van der Waals surface area contributed by atoms with Crippen LogP contribution in [-0.2, 0) is 14.8 Å². The van der Waals surface area contributed by atoms with Crippen molar-refractivity contribution in [3.8, 4) is 5.75 Å². The fourth-order valence-electron chi connectivity index (χ4n) is 3.58. The summed E-state index contributed by atoms with van der Waals surface area (Å²) >= 11 is 0. The van der Waals surface area contributed by atoms with Crippen LogP contribution in [-0.4, -0.2) is 27.5 Å². The van der Waals surface area contributed by atoms with Gasteiger partial charge in [0.1, 0.15) is 5.75 Å². The van der Waals surface area contributed by atoms with Crippen LogP contribution in [0.25, 0.3) is 0 Å². The zero-order valence-corrected chi connectivity index (χ0v) is 17.7. The predicted molar refractivity (Wildman–Crippen MR) is 112 cm³/mol. The minimum atomic E-state index is -3.77. The van der Waals surface area contributed by atoms with E-state index in [4.69, 9.17) is 4.74 Å². The van der Waals surface area contributed by atoms with Crippen LogP contribution in [0.4, 0.5) is 0 Å². The number of ether oxygens (including phenoxy) is 1. The molecule has 29 heavy (non-hydrogen) atoms. The van der Waals surface area contributed by atoms with E-state index in [0.717, 1.165) is 31.2 Å². The molecule has 2 aromatic carbocycles. The van der Waals surface area contributed by atoms with Crippen LogP contribution >= 0.6 is 0 Å². The van der Waals surface area contributed by atoms with Gasteiger partial charge in [0.05, 0.1) is 18.0 Å². The van der Waals surface area contributed by atoms with Gasteiger partial charge < -0.3 is 10.1 Å². The van der Waals surface area contributed by atoms with Crippen molar-refractivity contribution in [1.29, 1.82) is 0 Å². The number of carbonyl (C=O) groups excluding carboxylic acids is 1. The molecule has 7 heteroatoms. The summed E-state index contributed by atoms with van der Waals surface area (Å²) in [5.41, 5.74) is 1.69. The van der Waals surface area contributed by atoms with E-state index >= 15 is 0 Å². The monoisotopic (exact) mass is 416 g/mol. The second kappa shape index (κ2) is 9.41. The summed E-state index contributed by atoms with van der Waals surface area (Å²) in [5, 5.41) is 3.04. The summed E-state index contributed by atoms with van der Waals surface area (Å²) < 4.78 is 33.7. The van der Waals surface area contributed by atoms with Gasteiger partial charge in [-0.25, -0.2) is 13.1 Å². The average molecular weight is 417 g/mol. The maximum absolute atomic E-state index is 12.9. The second-order valence-electron chi connectivity index (χ2n) is 7.51. The first kappa shape index (κ1) is 21.3. The molecule has 0 heterocycles. The zero-order valence-electron chi connectivity index (χ0n) is 16.9. The number of aryl methyl sites for hydroxylation is 1. The molecule has 0 spiro atoms. The standard InChI is InChI=1S/C22H28N2O4S/c1-16-7-13-20(14-8-16)29(26,27)24-21(17-9-11-19(28-2)12-10-17)15-22(25)23-18-5-3-4-6-18/h7-14,18,21,24H,3-6,15H2,1-2H3,(H,23,25)/t21-/m1/s1. The van der Waals surface area contributed by atoms with E-state index in [2.05, 4.69) is 10.0 Å². The third-order valence-corrected chi connectivity index (χ3v) is 6.74. The Labute approximate surface area is 172 Å². The largest absolute Gasteiger partial charge is 0.497 e. The van der Waals surface area contributed by atoms with Gasteiger partial charge in [-0.1, -0.05) is 42.7 Å². The lowest BCUT2D eigenvalue weighted by atomic mass is 10.0. The summed E-state index contributed by atoms with van der Waals surface area (Å²) in [6.07, 6.45) is 4.23. The minimum absolute atomic E-state index is 0.0356. The van der Waals surface area contributed by atoms with E-state index in [1.54, 1.807) is 55.6 Å². The van der Waals surface area contributed by atoms with Crippen molar-refractivity contribution in [1.82, 2.24) is 10.0 Å². The van der Waals surface area contributed by atoms with Gasteiger partial charge in [-0.2, -0.15) is 0 Å². The molecule has 0 saturated heterocycles. The molecule has 0 radical (unpaired) electrons. The van der Waals surface area contributed by atoms with E-state index in [0.29, 0.717) is 11.3 Å². The van der Waals surface area contributed by atoms with Crippen molar-refractivity contribution >= 4 is 15.9 Å². The normalized spacial score (nSPS) is 15.8. The Hall–Kier alpha value is -2.38. The van der Waals surface area contributed by atoms with Crippen LogP contribution in [0.3, 0.4) is 0 Å². The number of methoxy groups -OCH3 is 1. The molecule has 1 aliphatic rings. The molecule has 2 N–H and O–H groups in total. The smallest absolute Gasteiger partial charge is 0.241 e. The van der Waals surface area contributed by atoms with Gasteiger partial charge in [0.2, 0.25) is 15.9 Å². The molecule has 0 bridgehead atoms. The maximum atomic E-state index is 12.9. The number of hydrogen-bond donors (Lipinski definition) is 2. The van der Waals surface area contributed by atoms with Gasteiger partial charge in [-0.15, -0.1) is 0 Å². The first-order valence-electron chi connectivity index (χ1n) is 9.90. The Morgan fingerprint density at radius 1 is 1.07 bits per heavy atom. The first-order valence-corrected chi connectivity index (χ1v) is 11.4. The predicted octanol–water partition coefficient (Wildman–Crippen LogP) is 3.47. The van der Waals surface area contributed by atoms with Gasteiger partial charge in [0.15, 0.2) is 0 Å². The number of benzene rings is 2. The van der Waals surface area contributed by atoms with Gasteiger partial charge in [0, 0.05) is 12.5 Å². The second-order valence-corrected chi connectivity index (χ2v) is 9.23. The third-order valence-electron chi connectivity index (χ3n) is 5.26. The summed E-state index contributed by atoms with van der Waals surface area (Å²) in [6.45, 7) is 1.90. The maximum Gasteiger partial charge on any atom is 0.241 e. The summed E-state index contributed by atoms with van der Waals surface area (Å²) in [7, 11) is -2.20. The summed E-state index contributed by atoms with van der Waals surface area (Å²) in [4.78, 5) is 12.8. The van der Waals surface area contributed by atoms with E-state index in [1.807, 2.05) is 6.92 Å². The number of rotatable bonds is 8. The van der Waals surface area contributed by atoms with E-state index in [9.17, 15) is 13.2 Å². The number of amides is 1. The molecular formula is C22H28N2O4S. The molecular weight excluding hydrogens is 388 g/mol. The molecule has 1 atom stereocenters. The molecule has 2 aromatic rings. The highest BCUT2D eigenvalue weighted by Gasteiger charge is 2.25. The third kappa shape index (κ3) is 5.81. The molecule has 1 amide bonds. The van der Waals surface area contributed by atoms with E-state index in [1.165, 1.54) is 0 Å². The Balaban J connectivity index is 1.80. The Morgan fingerprint density at radius 3 is 2.28 bits per heavy atom. The van der Waals surface area contributed by atoms with Crippen LogP contribution in [0, 0.1) is 6.92 Å². The van der Waals surface area contributed by atoms with Crippen molar-refractivity contribution in [2.45, 2.75) is 56.0 Å².